The van der Waals surface area contributed by atoms with Crippen LogP contribution < -0.4 is 4.74 Å². The van der Waals surface area contributed by atoms with Crippen molar-refractivity contribution in [3.63, 3.8) is 0 Å². The van der Waals surface area contributed by atoms with Crippen LogP contribution in [0.5, 0.6) is 11.6 Å². The maximum Gasteiger partial charge on any atom is 0.238 e. The summed E-state index contributed by atoms with van der Waals surface area (Å²) in [6, 6.07) is 7.15. The molecular formula is C14H10ClN3O2. The summed E-state index contributed by atoms with van der Waals surface area (Å²) in [6.07, 6.45) is 4.62. The van der Waals surface area contributed by atoms with Crippen LogP contribution in [0, 0.1) is 0 Å². The summed E-state index contributed by atoms with van der Waals surface area (Å²) in [7, 11) is 0. The Labute approximate surface area is 119 Å². The average molecular weight is 288 g/mol. The van der Waals surface area contributed by atoms with Gasteiger partial charge < -0.3 is 9.84 Å². The number of aromatic nitrogens is 3. The van der Waals surface area contributed by atoms with Gasteiger partial charge in [-0.1, -0.05) is 11.6 Å². The average Bonchev–Trinajstić information content (AvgIpc) is 2.51. The molecule has 0 saturated heterocycles. The Hall–Kier alpha value is -2.24. The van der Waals surface area contributed by atoms with Crippen molar-refractivity contribution in [1.29, 1.82) is 0 Å². The molecule has 1 N–H and O–H groups in total. The standard InChI is InChI=1S/C14H10ClN3O2/c15-11-3-4-12(14-10(11)2-1-5-17-14)20-13-7-16-6-9(8-19)18-13/h1-7,19H,8H2. The van der Waals surface area contributed by atoms with Gasteiger partial charge in [-0.2, -0.15) is 0 Å². The maximum absolute atomic E-state index is 9.05. The van der Waals surface area contributed by atoms with E-state index in [2.05, 4.69) is 15.0 Å². The Bertz CT molecular complexity index is 764. The molecule has 5 nitrogen and oxygen atoms in total. The second-order valence-electron chi connectivity index (χ2n) is 4.05. The summed E-state index contributed by atoms with van der Waals surface area (Å²) >= 11 is 6.12. The van der Waals surface area contributed by atoms with Crippen LogP contribution in [-0.4, -0.2) is 20.1 Å². The van der Waals surface area contributed by atoms with E-state index in [1.807, 2.05) is 12.1 Å². The number of pyridine rings is 1. The third kappa shape index (κ3) is 2.41. The van der Waals surface area contributed by atoms with Crippen LogP contribution in [0.4, 0.5) is 0 Å². The number of hydrogen-bond donors (Lipinski definition) is 1. The van der Waals surface area contributed by atoms with Gasteiger partial charge in [0.1, 0.15) is 5.52 Å². The summed E-state index contributed by atoms with van der Waals surface area (Å²) in [4.78, 5) is 12.3. The third-order valence-corrected chi connectivity index (χ3v) is 3.05. The van der Waals surface area contributed by atoms with Crippen molar-refractivity contribution in [1.82, 2.24) is 15.0 Å². The lowest BCUT2D eigenvalue weighted by molar-refractivity contribution is 0.274. The molecule has 0 amide bonds. The maximum atomic E-state index is 9.05. The van der Waals surface area contributed by atoms with Gasteiger partial charge in [-0.05, 0) is 24.3 Å². The van der Waals surface area contributed by atoms with Crippen molar-refractivity contribution in [2.45, 2.75) is 6.61 Å². The van der Waals surface area contributed by atoms with Crippen LogP contribution in [0.3, 0.4) is 0 Å². The molecule has 0 saturated carbocycles. The molecule has 0 unspecified atom stereocenters. The summed E-state index contributed by atoms with van der Waals surface area (Å²) in [6.45, 7) is -0.191. The summed E-state index contributed by atoms with van der Waals surface area (Å²) in [5, 5.41) is 10.5. The molecule has 2 heterocycles. The third-order valence-electron chi connectivity index (χ3n) is 2.72. The number of aliphatic hydroxyl groups excluding tert-OH is 1. The second kappa shape index (κ2) is 5.40. The van der Waals surface area contributed by atoms with E-state index >= 15 is 0 Å². The molecule has 0 aliphatic heterocycles. The smallest absolute Gasteiger partial charge is 0.238 e. The first-order valence-corrected chi connectivity index (χ1v) is 6.28. The molecule has 0 fully saturated rings. The first-order chi connectivity index (χ1) is 9.78. The molecule has 100 valence electrons. The molecule has 1 aromatic carbocycles. The predicted octanol–water partition coefficient (Wildman–Crippen LogP) is 2.96. The Morgan fingerprint density at radius 2 is 2.10 bits per heavy atom. The van der Waals surface area contributed by atoms with Crippen LogP contribution in [0.15, 0.2) is 42.9 Å². The van der Waals surface area contributed by atoms with Crippen molar-refractivity contribution in [2.75, 3.05) is 0 Å². The Morgan fingerprint density at radius 1 is 1.20 bits per heavy atom. The fourth-order valence-electron chi connectivity index (χ4n) is 1.82. The van der Waals surface area contributed by atoms with E-state index in [1.54, 1.807) is 18.3 Å². The quantitative estimate of drug-likeness (QED) is 0.802. The fourth-order valence-corrected chi connectivity index (χ4v) is 2.03. The summed E-state index contributed by atoms with van der Waals surface area (Å²) in [5.74, 6) is 0.834. The van der Waals surface area contributed by atoms with Crippen molar-refractivity contribution < 1.29 is 9.84 Å². The lowest BCUT2D eigenvalue weighted by Crippen LogP contribution is -1.95. The highest BCUT2D eigenvalue weighted by Gasteiger charge is 2.09. The highest BCUT2D eigenvalue weighted by molar-refractivity contribution is 6.35. The molecule has 0 atom stereocenters. The van der Waals surface area contributed by atoms with Crippen LogP contribution >= 0.6 is 11.6 Å². The lowest BCUT2D eigenvalue weighted by atomic mass is 10.2. The van der Waals surface area contributed by atoms with E-state index in [1.165, 1.54) is 12.4 Å². The van der Waals surface area contributed by atoms with Gasteiger partial charge in [0.2, 0.25) is 5.88 Å². The van der Waals surface area contributed by atoms with Crippen LogP contribution in [0.1, 0.15) is 5.69 Å². The molecule has 0 aliphatic rings. The van der Waals surface area contributed by atoms with Crippen molar-refractivity contribution in [3.05, 3.63) is 53.6 Å². The number of nitrogens with zero attached hydrogens (tertiary/aromatic N) is 3. The van der Waals surface area contributed by atoms with Crippen molar-refractivity contribution in [2.24, 2.45) is 0 Å². The molecule has 3 rings (SSSR count). The van der Waals surface area contributed by atoms with Crippen LogP contribution in [0.25, 0.3) is 10.9 Å². The topological polar surface area (TPSA) is 68.1 Å². The van der Waals surface area contributed by atoms with E-state index in [-0.39, 0.29) is 6.61 Å². The minimum Gasteiger partial charge on any atom is -0.435 e. The normalized spacial score (nSPS) is 10.7. The zero-order chi connectivity index (χ0) is 13.9. The number of aliphatic hydroxyl groups is 1. The zero-order valence-corrected chi connectivity index (χ0v) is 11.1. The van der Waals surface area contributed by atoms with Gasteiger partial charge in [-0.25, -0.2) is 4.98 Å². The summed E-state index contributed by atoms with van der Waals surface area (Å²) < 4.78 is 5.68. The zero-order valence-electron chi connectivity index (χ0n) is 10.3. The van der Waals surface area contributed by atoms with Crippen LogP contribution in [0.2, 0.25) is 5.02 Å². The predicted molar refractivity (Wildman–Crippen MR) is 74.8 cm³/mol. The molecule has 20 heavy (non-hydrogen) atoms. The number of benzene rings is 1. The fraction of sp³-hybridized carbons (Fsp3) is 0.0714. The monoisotopic (exact) mass is 287 g/mol. The van der Waals surface area contributed by atoms with E-state index in [4.69, 9.17) is 21.4 Å². The van der Waals surface area contributed by atoms with E-state index in [0.29, 0.717) is 27.9 Å². The van der Waals surface area contributed by atoms with Gasteiger partial charge in [0.25, 0.3) is 0 Å². The van der Waals surface area contributed by atoms with Crippen LogP contribution in [-0.2, 0) is 6.61 Å². The lowest BCUT2D eigenvalue weighted by Gasteiger charge is -2.08. The Morgan fingerprint density at radius 3 is 2.95 bits per heavy atom. The van der Waals surface area contributed by atoms with Gasteiger partial charge >= 0.3 is 0 Å². The number of fused-ring (bicyclic) bond motifs is 1. The van der Waals surface area contributed by atoms with Gasteiger partial charge in [-0.15, -0.1) is 0 Å². The van der Waals surface area contributed by atoms with E-state index in [9.17, 15) is 0 Å². The number of hydrogen-bond acceptors (Lipinski definition) is 5. The van der Waals surface area contributed by atoms with Crippen molar-refractivity contribution in [3.8, 4) is 11.6 Å². The molecule has 0 spiro atoms. The Kier molecular flexibility index (Phi) is 3.45. The van der Waals surface area contributed by atoms with E-state index < -0.39 is 0 Å². The minimum atomic E-state index is -0.191. The molecular weight excluding hydrogens is 278 g/mol. The minimum absolute atomic E-state index is 0.191. The van der Waals surface area contributed by atoms with Crippen molar-refractivity contribution >= 4 is 22.5 Å². The number of ether oxygens (including phenoxy) is 1. The molecule has 0 radical (unpaired) electrons. The first kappa shape index (κ1) is 12.8. The van der Waals surface area contributed by atoms with Gasteiger partial charge in [0.05, 0.1) is 29.7 Å². The molecule has 6 heteroatoms. The largest absolute Gasteiger partial charge is 0.435 e. The Balaban J connectivity index is 2.04. The molecule has 2 aromatic heterocycles. The van der Waals surface area contributed by atoms with Gasteiger partial charge in [0, 0.05) is 11.6 Å². The number of rotatable bonds is 3. The molecule has 3 aromatic rings. The molecule has 0 aliphatic carbocycles. The number of halogens is 1. The SMILES string of the molecule is OCc1cncc(Oc2ccc(Cl)c3cccnc23)n1. The summed E-state index contributed by atoms with van der Waals surface area (Å²) in [5.41, 5.74) is 1.09. The van der Waals surface area contributed by atoms with Gasteiger partial charge in [0.15, 0.2) is 5.75 Å². The van der Waals surface area contributed by atoms with E-state index in [0.717, 1.165) is 5.39 Å². The molecule has 0 bridgehead atoms. The highest BCUT2D eigenvalue weighted by atomic mass is 35.5. The first-order valence-electron chi connectivity index (χ1n) is 5.91. The second-order valence-corrected chi connectivity index (χ2v) is 4.46. The highest BCUT2D eigenvalue weighted by Crippen LogP contribution is 2.31. The van der Waals surface area contributed by atoms with Gasteiger partial charge in [-0.3, -0.25) is 9.97 Å².